The van der Waals surface area contributed by atoms with Gasteiger partial charge in [0.05, 0.1) is 12.4 Å². The third-order valence-corrected chi connectivity index (χ3v) is 4.67. The Hall–Kier alpha value is -3.73. The number of hydrogen-bond donors (Lipinski definition) is 6. The minimum Gasteiger partial charge on any atom is -0.480 e. The number of benzene rings is 1. The largest absolute Gasteiger partial charge is 0.480 e. The van der Waals surface area contributed by atoms with E-state index in [0.29, 0.717) is 5.69 Å². The normalized spacial score (nSPS) is 14.5. The Morgan fingerprint density at radius 3 is 2.19 bits per heavy atom. The molecule has 7 N–H and O–H groups in total. The molecule has 0 bridgehead atoms. The van der Waals surface area contributed by atoms with E-state index in [1.807, 2.05) is 6.07 Å². The van der Waals surface area contributed by atoms with Crippen molar-refractivity contribution >= 4 is 23.7 Å². The summed E-state index contributed by atoms with van der Waals surface area (Å²) in [4.78, 5) is 55.5. The highest BCUT2D eigenvalue weighted by Crippen LogP contribution is 2.05. The van der Waals surface area contributed by atoms with Gasteiger partial charge in [-0.05, 0) is 19.4 Å². The van der Waals surface area contributed by atoms with Gasteiger partial charge in [-0.2, -0.15) is 0 Å². The summed E-state index contributed by atoms with van der Waals surface area (Å²) < 4.78 is 0. The molecule has 32 heavy (non-hydrogen) atoms. The first kappa shape index (κ1) is 24.5. The number of nitrogens with zero attached hydrogens (tertiary/aromatic N) is 1. The molecule has 0 spiro atoms. The molecule has 11 nitrogen and oxygen atoms in total. The first-order valence-corrected chi connectivity index (χ1v) is 10.1. The number of H-pyrrole nitrogens is 1. The fraction of sp³-hybridized carbons (Fsp3) is 0.381. The van der Waals surface area contributed by atoms with E-state index in [9.17, 15) is 24.3 Å². The van der Waals surface area contributed by atoms with Crippen LogP contribution in [0.15, 0.2) is 42.9 Å². The second-order valence-corrected chi connectivity index (χ2v) is 7.45. The molecule has 1 aromatic carbocycles. The first-order chi connectivity index (χ1) is 15.2. The maximum atomic E-state index is 12.8. The van der Waals surface area contributed by atoms with Gasteiger partial charge < -0.3 is 31.8 Å². The zero-order chi connectivity index (χ0) is 23.7. The minimum absolute atomic E-state index is 0.00280. The number of aromatic amines is 1. The molecular formula is C21H28N6O5. The number of hydrogen-bond acceptors (Lipinski definition) is 6. The van der Waals surface area contributed by atoms with Gasteiger partial charge in [-0.3, -0.25) is 14.4 Å². The highest BCUT2D eigenvalue weighted by molar-refractivity contribution is 5.94. The molecule has 2 aromatic rings. The lowest BCUT2D eigenvalue weighted by Crippen LogP contribution is -2.56. The monoisotopic (exact) mass is 444 g/mol. The second-order valence-electron chi connectivity index (χ2n) is 7.45. The quantitative estimate of drug-likeness (QED) is 0.260. The molecule has 0 aliphatic rings. The van der Waals surface area contributed by atoms with Gasteiger partial charge in [-0.15, -0.1) is 0 Å². The van der Waals surface area contributed by atoms with Crippen molar-refractivity contribution < 1.29 is 24.3 Å². The molecule has 0 saturated heterocycles. The van der Waals surface area contributed by atoms with Crippen LogP contribution in [0.4, 0.5) is 0 Å². The zero-order valence-corrected chi connectivity index (χ0v) is 17.9. The van der Waals surface area contributed by atoms with Crippen LogP contribution in [0.2, 0.25) is 0 Å². The summed E-state index contributed by atoms with van der Waals surface area (Å²) in [5, 5.41) is 16.9. The van der Waals surface area contributed by atoms with E-state index in [1.54, 1.807) is 24.3 Å². The molecular weight excluding hydrogens is 416 g/mol. The molecule has 1 heterocycles. The maximum Gasteiger partial charge on any atom is 0.326 e. The van der Waals surface area contributed by atoms with Crippen LogP contribution in [0.1, 0.15) is 25.1 Å². The highest BCUT2D eigenvalue weighted by Gasteiger charge is 2.28. The highest BCUT2D eigenvalue weighted by atomic mass is 16.4. The van der Waals surface area contributed by atoms with E-state index >= 15 is 0 Å². The Kier molecular flexibility index (Phi) is 8.90. The summed E-state index contributed by atoms with van der Waals surface area (Å²) in [6.07, 6.45) is 3.06. The number of carbonyl (C=O) groups is 4. The van der Waals surface area contributed by atoms with Crippen LogP contribution >= 0.6 is 0 Å². The minimum atomic E-state index is -1.22. The molecule has 0 aliphatic heterocycles. The van der Waals surface area contributed by atoms with Gasteiger partial charge in [0.25, 0.3) is 0 Å². The van der Waals surface area contributed by atoms with E-state index in [1.165, 1.54) is 26.4 Å². The average molecular weight is 444 g/mol. The van der Waals surface area contributed by atoms with Crippen LogP contribution in [0.25, 0.3) is 0 Å². The lowest BCUT2D eigenvalue weighted by atomic mass is 10.0. The van der Waals surface area contributed by atoms with Crippen LogP contribution in [0.5, 0.6) is 0 Å². The Morgan fingerprint density at radius 1 is 0.969 bits per heavy atom. The first-order valence-electron chi connectivity index (χ1n) is 10.1. The zero-order valence-electron chi connectivity index (χ0n) is 17.9. The summed E-state index contributed by atoms with van der Waals surface area (Å²) in [7, 11) is 0. The average Bonchev–Trinajstić information content (AvgIpc) is 3.26. The SMILES string of the molecule is CC(N)C(=O)NC(Cc1ccccc1)C(=O)NC(C)C(=O)NC(Cc1cnc[nH]1)C(=O)O. The van der Waals surface area contributed by atoms with Crippen LogP contribution in [-0.4, -0.2) is 62.9 Å². The van der Waals surface area contributed by atoms with Gasteiger partial charge in [0, 0.05) is 24.7 Å². The predicted molar refractivity (Wildman–Crippen MR) is 115 cm³/mol. The van der Waals surface area contributed by atoms with Gasteiger partial charge in [0.15, 0.2) is 0 Å². The van der Waals surface area contributed by atoms with Crippen molar-refractivity contribution in [1.29, 1.82) is 0 Å². The summed E-state index contributed by atoms with van der Waals surface area (Å²) in [6.45, 7) is 2.92. The Bertz CT molecular complexity index is 916. The Balaban J connectivity index is 2.03. The summed E-state index contributed by atoms with van der Waals surface area (Å²) in [5.41, 5.74) is 6.94. The molecule has 11 heteroatoms. The Morgan fingerprint density at radius 2 is 1.62 bits per heavy atom. The molecule has 0 aliphatic carbocycles. The van der Waals surface area contributed by atoms with Crippen molar-refractivity contribution in [3.8, 4) is 0 Å². The molecule has 0 fully saturated rings. The number of carboxylic acids is 1. The van der Waals surface area contributed by atoms with Gasteiger partial charge >= 0.3 is 5.97 Å². The fourth-order valence-corrected chi connectivity index (χ4v) is 2.85. The number of imidazole rings is 1. The number of aromatic nitrogens is 2. The standard InChI is InChI=1S/C21H28N6O5/c1-12(22)18(28)26-16(8-14-6-4-3-5-7-14)20(30)25-13(2)19(29)27-17(21(31)32)9-15-10-23-11-24-15/h3-7,10-13,16-17H,8-9,22H2,1-2H3,(H,23,24)(H,25,30)(H,26,28)(H,27,29)(H,31,32). The molecule has 4 atom stereocenters. The third-order valence-electron chi connectivity index (χ3n) is 4.67. The predicted octanol–water partition coefficient (Wildman–Crippen LogP) is -0.899. The van der Waals surface area contributed by atoms with Gasteiger partial charge in [0.2, 0.25) is 17.7 Å². The van der Waals surface area contributed by atoms with E-state index in [0.717, 1.165) is 5.56 Å². The molecule has 1 aromatic heterocycles. The van der Waals surface area contributed by atoms with Crippen LogP contribution in [0.3, 0.4) is 0 Å². The van der Waals surface area contributed by atoms with Crippen molar-refractivity contribution in [3.05, 3.63) is 54.1 Å². The molecule has 0 saturated carbocycles. The number of carbonyl (C=O) groups excluding carboxylic acids is 3. The van der Waals surface area contributed by atoms with Crippen molar-refractivity contribution in [2.45, 2.75) is 50.9 Å². The summed E-state index contributed by atoms with van der Waals surface area (Å²) in [6, 6.07) is 5.01. The number of carboxylic acid groups (broad SMARTS) is 1. The molecule has 4 unspecified atom stereocenters. The fourth-order valence-electron chi connectivity index (χ4n) is 2.85. The molecule has 0 radical (unpaired) electrons. The van der Waals surface area contributed by atoms with Crippen LogP contribution in [0, 0.1) is 0 Å². The van der Waals surface area contributed by atoms with Gasteiger partial charge in [-0.1, -0.05) is 30.3 Å². The molecule has 2 rings (SSSR count). The number of rotatable bonds is 11. The maximum absolute atomic E-state index is 12.8. The molecule has 3 amide bonds. The van der Waals surface area contributed by atoms with E-state index in [4.69, 9.17) is 5.73 Å². The van der Waals surface area contributed by atoms with Crippen molar-refractivity contribution in [2.24, 2.45) is 5.73 Å². The van der Waals surface area contributed by atoms with E-state index < -0.39 is 47.9 Å². The third kappa shape index (κ3) is 7.51. The Labute approximate surface area is 185 Å². The van der Waals surface area contributed by atoms with Crippen LogP contribution < -0.4 is 21.7 Å². The van der Waals surface area contributed by atoms with E-state index in [2.05, 4.69) is 25.9 Å². The second kappa shape index (κ2) is 11.6. The number of amides is 3. The van der Waals surface area contributed by atoms with E-state index in [-0.39, 0.29) is 12.8 Å². The number of aliphatic carboxylic acids is 1. The summed E-state index contributed by atoms with van der Waals surface area (Å²) in [5.74, 6) is -3.01. The summed E-state index contributed by atoms with van der Waals surface area (Å²) >= 11 is 0. The van der Waals surface area contributed by atoms with Crippen molar-refractivity contribution in [1.82, 2.24) is 25.9 Å². The van der Waals surface area contributed by atoms with Crippen LogP contribution in [-0.2, 0) is 32.0 Å². The number of nitrogens with two attached hydrogens (primary N) is 1. The molecule has 172 valence electrons. The number of nitrogens with one attached hydrogen (secondary N) is 4. The van der Waals surface area contributed by atoms with Crippen molar-refractivity contribution in [3.63, 3.8) is 0 Å². The lowest BCUT2D eigenvalue weighted by molar-refractivity contribution is -0.142. The lowest BCUT2D eigenvalue weighted by Gasteiger charge is -2.23. The van der Waals surface area contributed by atoms with Gasteiger partial charge in [-0.25, -0.2) is 9.78 Å². The topological polar surface area (TPSA) is 179 Å². The van der Waals surface area contributed by atoms with Crippen molar-refractivity contribution in [2.75, 3.05) is 0 Å². The van der Waals surface area contributed by atoms with Gasteiger partial charge in [0.1, 0.15) is 18.1 Å². The smallest absolute Gasteiger partial charge is 0.326 e.